The molecule has 1 N–H and O–H groups in total. The summed E-state index contributed by atoms with van der Waals surface area (Å²) >= 11 is 0. The third-order valence-electron chi connectivity index (χ3n) is 1.59. The van der Waals surface area contributed by atoms with E-state index in [1.165, 1.54) is 6.92 Å². The van der Waals surface area contributed by atoms with Crippen molar-refractivity contribution in [1.29, 1.82) is 0 Å². The van der Waals surface area contributed by atoms with Crippen molar-refractivity contribution in [3.63, 3.8) is 0 Å². The molecule has 0 saturated heterocycles. The molecule has 0 aromatic heterocycles. The second-order valence-corrected chi connectivity index (χ2v) is 2.76. The Labute approximate surface area is 79.9 Å². The molecule has 0 rings (SSSR count). The Morgan fingerprint density at radius 2 is 2.23 bits per heavy atom. The van der Waals surface area contributed by atoms with Crippen LogP contribution in [0, 0.1) is 0 Å². The standard InChI is InChI=1S/C10H18N2O/c1-4-5-6-10(11-3)7-8-12-9(2)13/h5-6H,4,7-8H2,1-3H3,(H,12,13)/b6-5-,11-10?. The van der Waals surface area contributed by atoms with Gasteiger partial charge in [-0.3, -0.25) is 9.79 Å². The summed E-state index contributed by atoms with van der Waals surface area (Å²) in [7, 11) is 1.77. The molecule has 0 radical (unpaired) electrons. The lowest BCUT2D eigenvalue weighted by Gasteiger charge is -2.01. The minimum absolute atomic E-state index is 0.00919. The zero-order valence-corrected chi connectivity index (χ0v) is 8.63. The zero-order chi connectivity index (χ0) is 10.1. The molecule has 0 aliphatic carbocycles. The van der Waals surface area contributed by atoms with E-state index in [-0.39, 0.29) is 5.91 Å². The van der Waals surface area contributed by atoms with Crippen LogP contribution in [0.25, 0.3) is 0 Å². The monoisotopic (exact) mass is 182 g/mol. The number of nitrogens with one attached hydrogen (secondary N) is 1. The first-order chi connectivity index (χ1) is 6.20. The van der Waals surface area contributed by atoms with Gasteiger partial charge >= 0.3 is 0 Å². The highest BCUT2D eigenvalue weighted by atomic mass is 16.1. The van der Waals surface area contributed by atoms with Crippen LogP contribution in [-0.2, 0) is 4.79 Å². The van der Waals surface area contributed by atoms with Gasteiger partial charge in [0.2, 0.25) is 5.91 Å². The van der Waals surface area contributed by atoms with Crippen LogP contribution in [0.2, 0.25) is 0 Å². The molecule has 3 heteroatoms. The van der Waals surface area contributed by atoms with Gasteiger partial charge in [0.1, 0.15) is 0 Å². The number of carbonyl (C=O) groups excluding carboxylic acids is 1. The topological polar surface area (TPSA) is 41.5 Å². The van der Waals surface area contributed by atoms with E-state index in [0.717, 1.165) is 18.6 Å². The molecule has 1 amide bonds. The fourth-order valence-electron chi connectivity index (χ4n) is 0.890. The molecular weight excluding hydrogens is 164 g/mol. The van der Waals surface area contributed by atoms with Crippen LogP contribution in [0.1, 0.15) is 26.7 Å². The van der Waals surface area contributed by atoms with Crippen LogP contribution in [0.3, 0.4) is 0 Å². The number of amides is 1. The van der Waals surface area contributed by atoms with Crippen molar-refractivity contribution in [3.8, 4) is 0 Å². The maximum absolute atomic E-state index is 10.6. The summed E-state index contributed by atoms with van der Waals surface area (Å²) in [5, 5.41) is 2.73. The number of aliphatic imine (C=N–C) groups is 1. The van der Waals surface area contributed by atoms with E-state index in [1.54, 1.807) is 7.05 Å². The molecule has 0 aliphatic heterocycles. The fraction of sp³-hybridized carbons (Fsp3) is 0.600. The highest BCUT2D eigenvalue weighted by molar-refractivity contribution is 5.95. The summed E-state index contributed by atoms with van der Waals surface area (Å²) in [4.78, 5) is 14.7. The molecule has 0 aliphatic rings. The van der Waals surface area contributed by atoms with Crippen LogP contribution in [0.4, 0.5) is 0 Å². The van der Waals surface area contributed by atoms with Crippen LogP contribution in [0.5, 0.6) is 0 Å². The summed E-state index contributed by atoms with van der Waals surface area (Å²) in [5.41, 5.74) is 1.02. The highest BCUT2D eigenvalue weighted by Crippen LogP contribution is 1.90. The van der Waals surface area contributed by atoms with Gasteiger partial charge < -0.3 is 5.32 Å². The molecule has 0 spiro atoms. The van der Waals surface area contributed by atoms with Crippen LogP contribution in [-0.4, -0.2) is 25.2 Å². The number of carbonyl (C=O) groups is 1. The fourth-order valence-corrected chi connectivity index (χ4v) is 0.890. The van der Waals surface area contributed by atoms with Gasteiger partial charge in [-0.1, -0.05) is 13.0 Å². The molecule has 3 nitrogen and oxygen atoms in total. The second kappa shape index (κ2) is 7.53. The van der Waals surface area contributed by atoms with Crippen molar-refractivity contribution in [3.05, 3.63) is 12.2 Å². The predicted molar refractivity (Wildman–Crippen MR) is 56.1 cm³/mol. The maximum atomic E-state index is 10.6. The van der Waals surface area contributed by atoms with Gasteiger partial charge in [0.05, 0.1) is 0 Å². The lowest BCUT2D eigenvalue weighted by Crippen LogP contribution is -2.22. The predicted octanol–water partition coefficient (Wildman–Crippen LogP) is 1.55. The lowest BCUT2D eigenvalue weighted by molar-refractivity contribution is -0.118. The first-order valence-electron chi connectivity index (χ1n) is 4.57. The van der Waals surface area contributed by atoms with Crippen molar-refractivity contribution in [2.45, 2.75) is 26.7 Å². The third-order valence-corrected chi connectivity index (χ3v) is 1.59. The number of allylic oxidation sites excluding steroid dienone is 2. The molecule has 0 unspecified atom stereocenters. The van der Waals surface area contributed by atoms with Crippen molar-refractivity contribution in [2.75, 3.05) is 13.6 Å². The van der Waals surface area contributed by atoms with Gasteiger partial charge in [-0.2, -0.15) is 0 Å². The summed E-state index contributed by atoms with van der Waals surface area (Å²) < 4.78 is 0. The molecule has 74 valence electrons. The summed E-state index contributed by atoms with van der Waals surface area (Å²) in [6, 6.07) is 0. The second-order valence-electron chi connectivity index (χ2n) is 2.76. The Morgan fingerprint density at radius 1 is 1.54 bits per heavy atom. The summed E-state index contributed by atoms with van der Waals surface area (Å²) in [5.74, 6) is 0.00919. The van der Waals surface area contributed by atoms with Gasteiger partial charge in [-0.05, 0) is 12.5 Å². The van der Waals surface area contributed by atoms with Crippen molar-refractivity contribution in [1.82, 2.24) is 5.32 Å². The van der Waals surface area contributed by atoms with Gasteiger partial charge in [0.25, 0.3) is 0 Å². The molecule has 0 aromatic rings. The minimum Gasteiger partial charge on any atom is -0.356 e. The summed E-state index contributed by atoms with van der Waals surface area (Å²) in [6.07, 6.45) is 5.88. The van der Waals surface area contributed by atoms with Gasteiger partial charge in [0, 0.05) is 32.6 Å². The van der Waals surface area contributed by atoms with Gasteiger partial charge in [-0.15, -0.1) is 0 Å². The quantitative estimate of drug-likeness (QED) is 0.644. The smallest absolute Gasteiger partial charge is 0.216 e. The minimum atomic E-state index is 0.00919. The van der Waals surface area contributed by atoms with E-state index in [0.29, 0.717) is 6.54 Å². The molecular formula is C10H18N2O. The van der Waals surface area contributed by atoms with E-state index in [9.17, 15) is 4.79 Å². The highest BCUT2D eigenvalue weighted by Gasteiger charge is 1.94. The molecule has 0 bridgehead atoms. The molecule has 0 aromatic carbocycles. The van der Waals surface area contributed by atoms with E-state index in [2.05, 4.69) is 23.3 Å². The van der Waals surface area contributed by atoms with Crippen molar-refractivity contribution in [2.24, 2.45) is 4.99 Å². The third kappa shape index (κ3) is 7.25. The molecule has 0 heterocycles. The lowest BCUT2D eigenvalue weighted by atomic mass is 10.2. The van der Waals surface area contributed by atoms with Crippen LogP contribution in [0.15, 0.2) is 17.1 Å². The van der Waals surface area contributed by atoms with Crippen molar-refractivity contribution < 1.29 is 4.79 Å². The van der Waals surface area contributed by atoms with Crippen LogP contribution >= 0.6 is 0 Å². The number of nitrogens with zero attached hydrogens (tertiary/aromatic N) is 1. The average Bonchev–Trinajstić information content (AvgIpc) is 2.10. The Kier molecular flexibility index (Phi) is 6.88. The van der Waals surface area contributed by atoms with Gasteiger partial charge in [-0.25, -0.2) is 0 Å². The van der Waals surface area contributed by atoms with E-state index in [4.69, 9.17) is 0 Å². The Bertz CT molecular complexity index is 207. The SMILES string of the molecule is CC/C=C\C(CCNC(C)=O)=NC. The number of rotatable bonds is 5. The molecule has 0 atom stereocenters. The molecule has 0 fully saturated rings. The first-order valence-corrected chi connectivity index (χ1v) is 4.57. The maximum Gasteiger partial charge on any atom is 0.216 e. The van der Waals surface area contributed by atoms with E-state index >= 15 is 0 Å². The molecule has 13 heavy (non-hydrogen) atoms. The molecule has 0 saturated carbocycles. The zero-order valence-electron chi connectivity index (χ0n) is 8.63. The Hall–Kier alpha value is -1.12. The van der Waals surface area contributed by atoms with E-state index in [1.807, 2.05) is 6.08 Å². The Morgan fingerprint density at radius 3 is 2.69 bits per heavy atom. The number of hydrogen-bond acceptors (Lipinski definition) is 2. The van der Waals surface area contributed by atoms with Crippen LogP contribution < -0.4 is 5.32 Å². The Balaban J connectivity index is 3.74. The normalized spacial score (nSPS) is 12.1. The average molecular weight is 182 g/mol. The van der Waals surface area contributed by atoms with E-state index < -0.39 is 0 Å². The summed E-state index contributed by atoms with van der Waals surface area (Å²) in [6.45, 7) is 4.26. The first kappa shape index (κ1) is 11.9. The van der Waals surface area contributed by atoms with Crippen molar-refractivity contribution >= 4 is 11.6 Å². The number of hydrogen-bond donors (Lipinski definition) is 1. The van der Waals surface area contributed by atoms with Gasteiger partial charge in [0.15, 0.2) is 0 Å². The largest absolute Gasteiger partial charge is 0.356 e.